The molecule has 1 N–H and O–H groups in total. The molecule has 1 heterocycles. The summed E-state index contributed by atoms with van der Waals surface area (Å²) >= 11 is 11.8. The van der Waals surface area contributed by atoms with E-state index in [2.05, 4.69) is 10.4 Å². The van der Waals surface area contributed by atoms with Gasteiger partial charge in [-0.1, -0.05) is 36.5 Å². The number of carbonyl (C=O) groups excluding carboxylic acids is 2. The first kappa shape index (κ1) is 20.2. The Hall–Kier alpha value is -2.12. The number of nitrogens with one attached hydrogen (secondary N) is 1. The predicted molar refractivity (Wildman–Crippen MR) is 97.2 cm³/mol. The third-order valence-corrected chi connectivity index (χ3v) is 4.20. The second-order valence-corrected chi connectivity index (χ2v) is 6.35. The molecule has 0 atom stereocenters. The van der Waals surface area contributed by atoms with Crippen LogP contribution in [-0.4, -0.2) is 28.3 Å². The van der Waals surface area contributed by atoms with Crippen LogP contribution in [-0.2, 0) is 16.1 Å². The number of anilines is 1. The molecular weight excluding hydrogens is 384 g/mol. The molecule has 0 aliphatic rings. The number of halogens is 3. The van der Waals surface area contributed by atoms with Crippen molar-refractivity contribution < 1.29 is 18.7 Å². The van der Waals surface area contributed by atoms with E-state index in [9.17, 15) is 14.0 Å². The normalized spacial score (nSPS) is 10.7. The van der Waals surface area contributed by atoms with E-state index in [-0.39, 0.29) is 15.7 Å². The number of unbranched alkanes of at least 4 members (excludes halogenated alkanes) is 1. The van der Waals surface area contributed by atoms with Gasteiger partial charge in [-0.3, -0.25) is 9.48 Å². The SMILES string of the molecule is CCCCn1nc(C)c(C(=O)OCC(=O)Nc2ccc(F)c(Cl)c2)c1Cl. The molecule has 140 valence electrons. The summed E-state index contributed by atoms with van der Waals surface area (Å²) in [7, 11) is 0. The van der Waals surface area contributed by atoms with E-state index in [0.29, 0.717) is 17.9 Å². The van der Waals surface area contributed by atoms with E-state index in [0.717, 1.165) is 18.9 Å². The van der Waals surface area contributed by atoms with Crippen LogP contribution in [0.1, 0.15) is 35.8 Å². The first-order valence-electron chi connectivity index (χ1n) is 7.98. The standard InChI is InChI=1S/C17H18Cl2FN3O3/c1-3-4-7-23-16(19)15(10(2)22-23)17(25)26-9-14(24)21-11-5-6-13(20)12(18)8-11/h5-6,8H,3-4,7,9H2,1-2H3,(H,21,24). The number of amides is 1. The number of hydrogen-bond acceptors (Lipinski definition) is 4. The van der Waals surface area contributed by atoms with Crippen LogP contribution in [0.2, 0.25) is 10.2 Å². The van der Waals surface area contributed by atoms with E-state index in [1.54, 1.807) is 6.92 Å². The van der Waals surface area contributed by atoms with E-state index in [1.165, 1.54) is 16.8 Å². The lowest BCUT2D eigenvalue weighted by Crippen LogP contribution is -2.21. The smallest absolute Gasteiger partial charge is 0.343 e. The lowest BCUT2D eigenvalue weighted by atomic mass is 10.2. The van der Waals surface area contributed by atoms with Crippen LogP contribution >= 0.6 is 23.2 Å². The van der Waals surface area contributed by atoms with Gasteiger partial charge in [-0.25, -0.2) is 9.18 Å². The van der Waals surface area contributed by atoms with Crippen molar-refractivity contribution in [1.82, 2.24) is 9.78 Å². The zero-order valence-electron chi connectivity index (χ0n) is 14.3. The van der Waals surface area contributed by atoms with Gasteiger partial charge in [-0.05, 0) is 31.5 Å². The molecular formula is C17H18Cl2FN3O3. The quantitative estimate of drug-likeness (QED) is 0.704. The minimum atomic E-state index is -0.734. The van der Waals surface area contributed by atoms with Crippen LogP contribution in [0.4, 0.5) is 10.1 Å². The highest BCUT2D eigenvalue weighted by Crippen LogP contribution is 2.22. The highest BCUT2D eigenvalue weighted by molar-refractivity contribution is 6.32. The van der Waals surface area contributed by atoms with Gasteiger partial charge in [0.15, 0.2) is 6.61 Å². The number of aromatic nitrogens is 2. The van der Waals surface area contributed by atoms with E-state index < -0.39 is 24.3 Å². The van der Waals surface area contributed by atoms with Crippen LogP contribution in [0.5, 0.6) is 0 Å². The molecule has 0 aliphatic heterocycles. The molecule has 2 rings (SSSR count). The van der Waals surface area contributed by atoms with Gasteiger partial charge in [-0.2, -0.15) is 5.10 Å². The summed E-state index contributed by atoms with van der Waals surface area (Å²) < 4.78 is 19.6. The molecule has 1 aromatic heterocycles. The molecule has 1 aromatic carbocycles. The second kappa shape index (κ2) is 9.00. The molecule has 9 heteroatoms. The van der Waals surface area contributed by atoms with Crippen LogP contribution < -0.4 is 5.32 Å². The minimum absolute atomic E-state index is 0.123. The van der Waals surface area contributed by atoms with Crippen molar-refractivity contribution in [2.75, 3.05) is 11.9 Å². The van der Waals surface area contributed by atoms with Crippen LogP contribution in [0.3, 0.4) is 0 Å². The second-order valence-electron chi connectivity index (χ2n) is 5.58. The number of esters is 1. The van der Waals surface area contributed by atoms with E-state index in [1.807, 2.05) is 6.92 Å². The molecule has 0 unspecified atom stereocenters. The number of carbonyl (C=O) groups is 2. The lowest BCUT2D eigenvalue weighted by Gasteiger charge is -2.07. The fourth-order valence-corrected chi connectivity index (χ4v) is 2.73. The molecule has 0 bridgehead atoms. The Balaban J connectivity index is 1.96. The molecule has 0 spiro atoms. The van der Waals surface area contributed by atoms with E-state index >= 15 is 0 Å². The Morgan fingerprint density at radius 3 is 2.73 bits per heavy atom. The van der Waals surface area contributed by atoms with Gasteiger partial charge in [0.25, 0.3) is 5.91 Å². The molecule has 1 amide bonds. The van der Waals surface area contributed by atoms with Gasteiger partial charge >= 0.3 is 5.97 Å². The molecule has 26 heavy (non-hydrogen) atoms. The first-order valence-corrected chi connectivity index (χ1v) is 8.74. The van der Waals surface area contributed by atoms with E-state index in [4.69, 9.17) is 27.9 Å². The molecule has 0 saturated heterocycles. The molecule has 0 radical (unpaired) electrons. The number of nitrogens with zero attached hydrogens (tertiary/aromatic N) is 2. The molecule has 0 saturated carbocycles. The Labute approximate surface area is 160 Å². The number of aryl methyl sites for hydroxylation is 2. The summed E-state index contributed by atoms with van der Waals surface area (Å²) in [6.45, 7) is 3.75. The van der Waals surface area contributed by atoms with Gasteiger partial charge in [0, 0.05) is 12.2 Å². The number of rotatable bonds is 7. The largest absolute Gasteiger partial charge is 0.452 e. The Morgan fingerprint density at radius 2 is 2.08 bits per heavy atom. The van der Waals surface area contributed by atoms with Crippen molar-refractivity contribution in [2.45, 2.75) is 33.2 Å². The van der Waals surface area contributed by atoms with Crippen LogP contribution in [0.25, 0.3) is 0 Å². The summed E-state index contributed by atoms with van der Waals surface area (Å²) in [6.07, 6.45) is 1.83. The van der Waals surface area contributed by atoms with Gasteiger partial charge in [-0.15, -0.1) is 0 Å². The highest BCUT2D eigenvalue weighted by atomic mass is 35.5. The molecule has 6 nitrogen and oxygen atoms in total. The van der Waals surface area contributed by atoms with Crippen molar-refractivity contribution in [3.8, 4) is 0 Å². The van der Waals surface area contributed by atoms with Crippen molar-refractivity contribution in [3.63, 3.8) is 0 Å². The number of benzene rings is 1. The summed E-state index contributed by atoms with van der Waals surface area (Å²) in [5.41, 5.74) is 0.862. The van der Waals surface area contributed by atoms with Gasteiger partial charge in [0.05, 0.1) is 10.7 Å². The first-order chi connectivity index (χ1) is 12.3. The molecule has 0 fully saturated rings. The van der Waals surface area contributed by atoms with Gasteiger partial charge < -0.3 is 10.1 Å². The topological polar surface area (TPSA) is 73.2 Å². The van der Waals surface area contributed by atoms with Crippen LogP contribution in [0.15, 0.2) is 18.2 Å². The summed E-state index contributed by atoms with van der Waals surface area (Å²) in [5, 5.41) is 6.74. The highest BCUT2D eigenvalue weighted by Gasteiger charge is 2.22. The Bertz CT molecular complexity index is 824. The molecule has 2 aromatic rings. The van der Waals surface area contributed by atoms with Gasteiger partial charge in [0.2, 0.25) is 0 Å². The van der Waals surface area contributed by atoms with Crippen molar-refractivity contribution in [1.29, 1.82) is 0 Å². The average Bonchev–Trinajstić information content (AvgIpc) is 2.88. The number of ether oxygens (including phenoxy) is 1. The lowest BCUT2D eigenvalue weighted by molar-refractivity contribution is -0.119. The fourth-order valence-electron chi connectivity index (χ4n) is 2.22. The van der Waals surface area contributed by atoms with Crippen molar-refractivity contribution in [2.24, 2.45) is 0 Å². The molecule has 0 aliphatic carbocycles. The third kappa shape index (κ3) is 4.95. The number of hydrogen-bond donors (Lipinski definition) is 1. The maximum absolute atomic E-state index is 13.1. The average molecular weight is 402 g/mol. The van der Waals surface area contributed by atoms with Crippen LogP contribution in [0, 0.1) is 12.7 Å². The third-order valence-electron chi connectivity index (χ3n) is 3.53. The predicted octanol–water partition coefficient (Wildman–Crippen LogP) is 4.23. The summed E-state index contributed by atoms with van der Waals surface area (Å²) in [6, 6.07) is 3.73. The maximum Gasteiger partial charge on any atom is 0.343 e. The zero-order valence-corrected chi connectivity index (χ0v) is 15.8. The van der Waals surface area contributed by atoms with Crippen molar-refractivity contribution in [3.05, 3.63) is 45.4 Å². The fraction of sp³-hybridized carbons (Fsp3) is 0.353. The zero-order chi connectivity index (χ0) is 19.3. The Kier molecular flexibility index (Phi) is 6.99. The monoisotopic (exact) mass is 401 g/mol. The Morgan fingerprint density at radius 1 is 1.35 bits per heavy atom. The summed E-state index contributed by atoms with van der Waals surface area (Å²) in [4.78, 5) is 24.1. The van der Waals surface area contributed by atoms with Gasteiger partial charge in [0.1, 0.15) is 16.5 Å². The maximum atomic E-state index is 13.1. The summed E-state index contributed by atoms with van der Waals surface area (Å²) in [5.74, 6) is -1.92. The van der Waals surface area contributed by atoms with Crippen molar-refractivity contribution >= 4 is 40.8 Å². The minimum Gasteiger partial charge on any atom is -0.452 e.